The summed E-state index contributed by atoms with van der Waals surface area (Å²) in [6.07, 6.45) is -4.30. The second-order valence-electron chi connectivity index (χ2n) is 5.60. The number of rotatable bonds is 6. The van der Waals surface area contributed by atoms with Gasteiger partial charge in [0.15, 0.2) is 0 Å². The SMILES string of the molecule is Cc1ccc(CCNS(=O)(=O)c2ccc(OC(F)(F)F)cc2)c(C)c1. The van der Waals surface area contributed by atoms with Crippen LogP contribution in [0.4, 0.5) is 13.2 Å². The van der Waals surface area contributed by atoms with Crippen molar-refractivity contribution in [1.29, 1.82) is 0 Å². The molecule has 136 valence electrons. The van der Waals surface area contributed by atoms with Gasteiger partial charge in [-0.2, -0.15) is 0 Å². The normalized spacial score (nSPS) is 12.2. The lowest BCUT2D eigenvalue weighted by Crippen LogP contribution is -2.26. The monoisotopic (exact) mass is 373 g/mol. The number of sulfonamides is 1. The van der Waals surface area contributed by atoms with Gasteiger partial charge in [-0.15, -0.1) is 13.2 Å². The Hall–Kier alpha value is -2.06. The first-order valence-electron chi connectivity index (χ1n) is 7.48. The molecule has 0 heterocycles. The molecule has 1 N–H and O–H groups in total. The maximum absolute atomic E-state index is 12.2. The summed E-state index contributed by atoms with van der Waals surface area (Å²) < 4.78 is 66.9. The highest BCUT2D eigenvalue weighted by molar-refractivity contribution is 7.89. The minimum Gasteiger partial charge on any atom is -0.406 e. The Morgan fingerprint density at radius 3 is 2.24 bits per heavy atom. The summed E-state index contributed by atoms with van der Waals surface area (Å²) in [6.45, 7) is 4.12. The summed E-state index contributed by atoms with van der Waals surface area (Å²) in [5.74, 6) is -0.471. The number of halogens is 3. The van der Waals surface area contributed by atoms with Gasteiger partial charge >= 0.3 is 6.36 Å². The predicted molar refractivity (Wildman–Crippen MR) is 87.9 cm³/mol. The summed E-state index contributed by atoms with van der Waals surface area (Å²) in [7, 11) is -3.80. The predicted octanol–water partition coefficient (Wildman–Crippen LogP) is 3.72. The van der Waals surface area contributed by atoms with Crippen molar-refractivity contribution in [2.24, 2.45) is 0 Å². The van der Waals surface area contributed by atoms with Crippen LogP contribution in [0.2, 0.25) is 0 Å². The van der Waals surface area contributed by atoms with E-state index in [0.717, 1.165) is 41.0 Å². The van der Waals surface area contributed by atoms with E-state index in [0.29, 0.717) is 6.42 Å². The van der Waals surface area contributed by atoms with Gasteiger partial charge in [0.25, 0.3) is 0 Å². The van der Waals surface area contributed by atoms with Gasteiger partial charge in [-0.3, -0.25) is 0 Å². The van der Waals surface area contributed by atoms with Crippen LogP contribution in [0, 0.1) is 13.8 Å². The first kappa shape index (κ1) is 19.3. The van der Waals surface area contributed by atoms with E-state index in [2.05, 4.69) is 9.46 Å². The molecular weight excluding hydrogens is 355 g/mol. The number of ether oxygens (including phenoxy) is 1. The van der Waals surface area contributed by atoms with Crippen molar-refractivity contribution in [2.75, 3.05) is 6.54 Å². The highest BCUT2D eigenvalue weighted by Gasteiger charge is 2.31. The number of alkyl halides is 3. The molecule has 4 nitrogen and oxygen atoms in total. The fourth-order valence-corrected chi connectivity index (χ4v) is 3.38. The maximum atomic E-state index is 12.2. The first-order valence-corrected chi connectivity index (χ1v) is 8.97. The van der Waals surface area contributed by atoms with E-state index in [9.17, 15) is 21.6 Å². The Morgan fingerprint density at radius 1 is 1.04 bits per heavy atom. The van der Waals surface area contributed by atoms with Gasteiger partial charge < -0.3 is 4.74 Å². The van der Waals surface area contributed by atoms with Gasteiger partial charge in [-0.05, 0) is 55.7 Å². The summed E-state index contributed by atoms with van der Waals surface area (Å²) in [5, 5.41) is 0. The van der Waals surface area contributed by atoms with E-state index in [1.807, 2.05) is 32.0 Å². The second-order valence-corrected chi connectivity index (χ2v) is 7.36. The van der Waals surface area contributed by atoms with Crippen molar-refractivity contribution in [2.45, 2.75) is 31.5 Å². The Bertz CT molecular complexity index is 831. The van der Waals surface area contributed by atoms with Gasteiger partial charge in [-0.1, -0.05) is 23.8 Å². The van der Waals surface area contributed by atoms with Gasteiger partial charge in [0.2, 0.25) is 10.0 Å². The molecule has 0 atom stereocenters. The van der Waals surface area contributed by atoms with Crippen molar-refractivity contribution in [3.8, 4) is 5.75 Å². The molecule has 0 bridgehead atoms. The average Bonchev–Trinajstić information content (AvgIpc) is 2.48. The molecule has 2 aromatic rings. The van der Waals surface area contributed by atoms with Crippen molar-refractivity contribution in [1.82, 2.24) is 4.72 Å². The Morgan fingerprint density at radius 2 is 1.68 bits per heavy atom. The highest BCUT2D eigenvalue weighted by Crippen LogP contribution is 2.23. The highest BCUT2D eigenvalue weighted by atomic mass is 32.2. The Balaban J connectivity index is 1.99. The fraction of sp³-hybridized carbons (Fsp3) is 0.294. The molecular formula is C17H18F3NO3S. The fourth-order valence-electron chi connectivity index (χ4n) is 2.35. The molecule has 0 unspecified atom stereocenters. The Labute approximate surface area is 144 Å². The topological polar surface area (TPSA) is 55.4 Å². The third-order valence-corrected chi connectivity index (χ3v) is 5.03. The van der Waals surface area contributed by atoms with Crippen LogP contribution in [0.15, 0.2) is 47.4 Å². The zero-order valence-electron chi connectivity index (χ0n) is 13.7. The second kappa shape index (κ2) is 7.45. The number of nitrogens with one attached hydrogen (secondary N) is 1. The molecule has 0 aliphatic rings. The molecule has 2 rings (SSSR count). The van der Waals surface area contributed by atoms with Crippen LogP contribution in [0.5, 0.6) is 5.75 Å². The molecule has 8 heteroatoms. The minimum atomic E-state index is -4.81. The van der Waals surface area contributed by atoms with Crippen molar-refractivity contribution in [3.63, 3.8) is 0 Å². The van der Waals surface area contributed by atoms with E-state index in [1.54, 1.807) is 0 Å². The molecule has 0 radical (unpaired) electrons. The molecule has 0 aliphatic heterocycles. The molecule has 0 saturated heterocycles. The van der Waals surface area contributed by atoms with Crippen LogP contribution in [0.1, 0.15) is 16.7 Å². The quantitative estimate of drug-likeness (QED) is 0.840. The summed E-state index contributed by atoms with van der Waals surface area (Å²) in [4.78, 5) is -0.123. The standard InChI is InChI=1S/C17H18F3NO3S/c1-12-3-4-14(13(2)11-12)9-10-21-25(22,23)16-7-5-15(6-8-16)24-17(18,19)20/h3-8,11,21H,9-10H2,1-2H3. The Kier molecular flexibility index (Phi) is 5.74. The van der Waals surface area contributed by atoms with Gasteiger partial charge in [0, 0.05) is 6.54 Å². The number of hydrogen-bond donors (Lipinski definition) is 1. The first-order chi connectivity index (χ1) is 11.6. The summed E-state index contributed by atoms with van der Waals surface area (Å²) >= 11 is 0. The van der Waals surface area contributed by atoms with Crippen LogP contribution in [0.25, 0.3) is 0 Å². The lowest BCUT2D eigenvalue weighted by molar-refractivity contribution is -0.274. The molecule has 0 aliphatic carbocycles. The van der Waals surface area contributed by atoms with Crippen LogP contribution >= 0.6 is 0 Å². The van der Waals surface area contributed by atoms with Gasteiger partial charge in [0.1, 0.15) is 5.75 Å². The third-order valence-electron chi connectivity index (χ3n) is 3.55. The summed E-state index contributed by atoms with van der Waals surface area (Å²) in [6, 6.07) is 9.99. The zero-order chi connectivity index (χ0) is 18.7. The summed E-state index contributed by atoms with van der Waals surface area (Å²) in [5.41, 5.74) is 3.23. The van der Waals surface area contributed by atoms with Crippen LogP contribution in [0.3, 0.4) is 0 Å². The van der Waals surface area contributed by atoms with Crippen molar-refractivity contribution >= 4 is 10.0 Å². The number of aryl methyl sites for hydroxylation is 2. The van der Waals surface area contributed by atoms with Crippen molar-refractivity contribution in [3.05, 3.63) is 59.2 Å². The molecule has 0 fully saturated rings. The third kappa shape index (κ3) is 5.75. The molecule has 0 amide bonds. The molecule has 0 saturated carbocycles. The van der Waals surface area contributed by atoms with E-state index < -0.39 is 22.1 Å². The van der Waals surface area contributed by atoms with Crippen LogP contribution < -0.4 is 9.46 Å². The molecule has 25 heavy (non-hydrogen) atoms. The van der Waals surface area contributed by atoms with E-state index in [-0.39, 0.29) is 11.4 Å². The smallest absolute Gasteiger partial charge is 0.406 e. The average molecular weight is 373 g/mol. The van der Waals surface area contributed by atoms with Crippen molar-refractivity contribution < 1.29 is 26.3 Å². The lowest BCUT2D eigenvalue weighted by Gasteiger charge is -2.11. The van der Waals surface area contributed by atoms with Crippen LogP contribution in [-0.2, 0) is 16.4 Å². The van der Waals surface area contributed by atoms with Gasteiger partial charge in [0.05, 0.1) is 4.90 Å². The molecule has 0 aromatic heterocycles. The largest absolute Gasteiger partial charge is 0.573 e. The molecule has 2 aromatic carbocycles. The molecule has 0 spiro atoms. The van der Waals surface area contributed by atoms with E-state index >= 15 is 0 Å². The van der Waals surface area contributed by atoms with Crippen LogP contribution in [-0.4, -0.2) is 21.3 Å². The zero-order valence-corrected chi connectivity index (χ0v) is 14.5. The van der Waals surface area contributed by atoms with E-state index in [4.69, 9.17) is 0 Å². The maximum Gasteiger partial charge on any atom is 0.573 e. The van der Waals surface area contributed by atoms with Gasteiger partial charge in [-0.25, -0.2) is 13.1 Å². The van der Waals surface area contributed by atoms with E-state index in [1.165, 1.54) is 0 Å². The minimum absolute atomic E-state index is 0.123. The lowest BCUT2D eigenvalue weighted by atomic mass is 10.0. The number of hydrogen-bond acceptors (Lipinski definition) is 3. The number of benzene rings is 2.